The minimum absolute atomic E-state index is 0. The largest absolute Gasteiger partial charge is 0.352 e. The molecule has 5 heteroatoms. The van der Waals surface area contributed by atoms with E-state index in [2.05, 4.69) is 36.3 Å². The molecule has 1 saturated heterocycles. The average molecular weight is 264 g/mol. The molecule has 1 fully saturated rings. The van der Waals surface area contributed by atoms with Gasteiger partial charge in [-0.2, -0.15) is 0 Å². The maximum absolute atomic E-state index is 11.4. The summed E-state index contributed by atoms with van der Waals surface area (Å²) in [7, 11) is 1.79. The summed E-state index contributed by atoms with van der Waals surface area (Å²) < 4.78 is 0. The van der Waals surface area contributed by atoms with Crippen molar-refractivity contribution in [2.24, 2.45) is 0 Å². The summed E-state index contributed by atoms with van der Waals surface area (Å²) in [6.07, 6.45) is 2.12. The van der Waals surface area contributed by atoms with Crippen molar-refractivity contribution in [2.45, 2.75) is 45.2 Å². The molecule has 1 rings (SSSR count). The van der Waals surface area contributed by atoms with Crippen LogP contribution in [0.2, 0.25) is 0 Å². The first kappa shape index (κ1) is 16.7. The van der Waals surface area contributed by atoms with Gasteiger partial charge in [-0.3, -0.25) is 9.69 Å². The fourth-order valence-corrected chi connectivity index (χ4v) is 2.13. The highest BCUT2D eigenvalue weighted by molar-refractivity contribution is 5.85. The van der Waals surface area contributed by atoms with Crippen LogP contribution in [0.1, 0.15) is 33.6 Å². The number of carbonyl (C=O) groups is 1. The molecule has 0 aliphatic carbocycles. The van der Waals surface area contributed by atoms with Crippen molar-refractivity contribution in [3.8, 4) is 0 Å². The molecule has 0 atom stereocenters. The van der Waals surface area contributed by atoms with Crippen LogP contribution in [0.5, 0.6) is 0 Å². The number of nitrogens with one attached hydrogen (secondary N) is 2. The van der Waals surface area contributed by atoms with Crippen LogP contribution in [-0.4, -0.2) is 49.1 Å². The number of nitrogens with zero attached hydrogens (tertiary/aromatic N) is 1. The van der Waals surface area contributed by atoms with E-state index in [9.17, 15) is 4.79 Å². The SMILES string of the molecule is CNCC(=O)NC1CCN(C(C)(C)C)CC1.Cl. The number of amides is 1. The van der Waals surface area contributed by atoms with E-state index in [0.717, 1.165) is 25.9 Å². The molecule has 0 unspecified atom stereocenters. The van der Waals surface area contributed by atoms with E-state index < -0.39 is 0 Å². The lowest BCUT2D eigenvalue weighted by Gasteiger charge is -2.41. The van der Waals surface area contributed by atoms with Crippen LogP contribution < -0.4 is 10.6 Å². The summed E-state index contributed by atoms with van der Waals surface area (Å²) in [5.74, 6) is 0.108. The Kier molecular flexibility index (Phi) is 7.05. The smallest absolute Gasteiger partial charge is 0.234 e. The Bertz CT molecular complexity index is 232. The lowest BCUT2D eigenvalue weighted by atomic mass is 9.98. The van der Waals surface area contributed by atoms with Crippen LogP contribution in [0, 0.1) is 0 Å². The van der Waals surface area contributed by atoms with E-state index in [0.29, 0.717) is 12.6 Å². The minimum Gasteiger partial charge on any atom is -0.352 e. The zero-order valence-corrected chi connectivity index (χ0v) is 12.2. The molecule has 1 heterocycles. The number of hydrogen-bond acceptors (Lipinski definition) is 3. The van der Waals surface area contributed by atoms with Gasteiger partial charge in [0, 0.05) is 24.7 Å². The zero-order chi connectivity index (χ0) is 12.2. The third-order valence-electron chi connectivity index (χ3n) is 3.15. The van der Waals surface area contributed by atoms with Crippen molar-refractivity contribution in [3.05, 3.63) is 0 Å². The second-order valence-corrected chi connectivity index (χ2v) is 5.53. The molecule has 1 amide bonds. The molecule has 2 N–H and O–H groups in total. The fraction of sp³-hybridized carbons (Fsp3) is 0.917. The highest BCUT2D eigenvalue weighted by atomic mass is 35.5. The molecule has 0 bridgehead atoms. The van der Waals surface area contributed by atoms with Crippen LogP contribution in [0.25, 0.3) is 0 Å². The zero-order valence-electron chi connectivity index (χ0n) is 11.4. The van der Waals surface area contributed by atoms with Gasteiger partial charge >= 0.3 is 0 Å². The van der Waals surface area contributed by atoms with E-state index in [1.54, 1.807) is 7.05 Å². The van der Waals surface area contributed by atoms with E-state index in [1.807, 2.05) is 0 Å². The molecule has 0 spiro atoms. The molecule has 0 radical (unpaired) electrons. The van der Waals surface area contributed by atoms with Gasteiger partial charge in [-0.25, -0.2) is 0 Å². The third kappa shape index (κ3) is 5.70. The van der Waals surface area contributed by atoms with Gasteiger partial charge in [0.25, 0.3) is 0 Å². The van der Waals surface area contributed by atoms with Crippen LogP contribution in [-0.2, 0) is 4.79 Å². The Labute approximate surface area is 111 Å². The normalized spacial score (nSPS) is 18.6. The maximum Gasteiger partial charge on any atom is 0.234 e. The van der Waals surface area contributed by atoms with E-state index in [4.69, 9.17) is 0 Å². The van der Waals surface area contributed by atoms with Gasteiger partial charge in [-0.15, -0.1) is 12.4 Å². The van der Waals surface area contributed by atoms with E-state index in [-0.39, 0.29) is 23.9 Å². The van der Waals surface area contributed by atoms with Gasteiger partial charge < -0.3 is 10.6 Å². The molecule has 0 aromatic heterocycles. The summed E-state index contributed by atoms with van der Waals surface area (Å²) in [5, 5.41) is 5.93. The lowest BCUT2D eigenvalue weighted by Crippen LogP contribution is -2.51. The van der Waals surface area contributed by atoms with E-state index in [1.165, 1.54) is 0 Å². The van der Waals surface area contributed by atoms with Gasteiger partial charge in [0.1, 0.15) is 0 Å². The first-order valence-electron chi connectivity index (χ1n) is 6.12. The number of likely N-dealkylation sites (tertiary alicyclic amines) is 1. The molecule has 0 aromatic carbocycles. The van der Waals surface area contributed by atoms with Crippen molar-refractivity contribution in [1.29, 1.82) is 0 Å². The Hall–Kier alpha value is -0.320. The molecule has 0 aromatic rings. The number of piperidine rings is 1. The van der Waals surface area contributed by atoms with Gasteiger partial charge in [-0.05, 0) is 40.7 Å². The topological polar surface area (TPSA) is 44.4 Å². The standard InChI is InChI=1S/C12H25N3O.ClH/c1-12(2,3)15-7-5-10(6-8-15)14-11(16)9-13-4;/h10,13H,5-9H2,1-4H3,(H,14,16);1H. The summed E-state index contributed by atoms with van der Waals surface area (Å²) >= 11 is 0. The summed E-state index contributed by atoms with van der Waals surface area (Å²) in [6.45, 7) is 9.30. The first-order chi connectivity index (χ1) is 7.43. The predicted molar refractivity (Wildman–Crippen MR) is 73.7 cm³/mol. The van der Waals surface area contributed by atoms with Crippen LogP contribution in [0.15, 0.2) is 0 Å². The molecule has 1 aliphatic rings. The summed E-state index contributed by atoms with van der Waals surface area (Å²) in [4.78, 5) is 13.9. The second kappa shape index (κ2) is 7.19. The van der Waals surface area contributed by atoms with Gasteiger partial charge in [0.05, 0.1) is 6.54 Å². The van der Waals surface area contributed by atoms with Crippen LogP contribution in [0.3, 0.4) is 0 Å². The Morgan fingerprint density at radius 3 is 2.24 bits per heavy atom. The molecular weight excluding hydrogens is 238 g/mol. The number of halogens is 1. The molecule has 102 valence electrons. The number of rotatable bonds is 3. The monoisotopic (exact) mass is 263 g/mol. The minimum atomic E-state index is 0. The highest BCUT2D eigenvalue weighted by Crippen LogP contribution is 2.19. The van der Waals surface area contributed by atoms with Crippen molar-refractivity contribution in [1.82, 2.24) is 15.5 Å². The van der Waals surface area contributed by atoms with Gasteiger partial charge in [-0.1, -0.05) is 0 Å². The van der Waals surface area contributed by atoms with Crippen LogP contribution in [0.4, 0.5) is 0 Å². The van der Waals surface area contributed by atoms with Crippen molar-refractivity contribution in [2.75, 3.05) is 26.7 Å². The first-order valence-corrected chi connectivity index (χ1v) is 6.12. The molecule has 4 nitrogen and oxygen atoms in total. The highest BCUT2D eigenvalue weighted by Gasteiger charge is 2.27. The molecule has 1 aliphatic heterocycles. The summed E-state index contributed by atoms with van der Waals surface area (Å²) in [6, 6.07) is 0.361. The third-order valence-corrected chi connectivity index (χ3v) is 3.15. The lowest BCUT2D eigenvalue weighted by molar-refractivity contribution is -0.121. The number of carbonyl (C=O) groups excluding carboxylic acids is 1. The number of likely N-dealkylation sites (N-methyl/N-ethyl adjacent to an activating group) is 1. The van der Waals surface area contributed by atoms with Crippen molar-refractivity contribution in [3.63, 3.8) is 0 Å². The van der Waals surface area contributed by atoms with Crippen LogP contribution >= 0.6 is 12.4 Å². The Morgan fingerprint density at radius 2 is 1.82 bits per heavy atom. The quantitative estimate of drug-likeness (QED) is 0.799. The predicted octanol–water partition coefficient (Wildman–Crippen LogP) is 1.01. The van der Waals surface area contributed by atoms with Crippen molar-refractivity contribution >= 4 is 18.3 Å². The van der Waals surface area contributed by atoms with Gasteiger partial charge in [0.15, 0.2) is 0 Å². The average Bonchev–Trinajstić information content (AvgIpc) is 2.17. The fourth-order valence-electron chi connectivity index (χ4n) is 2.13. The maximum atomic E-state index is 11.4. The molecular formula is C12H26ClN3O. The van der Waals surface area contributed by atoms with Gasteiger partial charge in [0.2, 0.25) is 5.91 Å². The second-order valence-electron chi connectivity index (χ2n) is 5.53. The molecule has 17 heavy (non-hydrogen) atoms. The molecule has 0 saturated carbocycles. The Balaban J connectivity index is 0.00000256. The summed E-state index contributed by atoms with van der Waals surface area (Å²) in [5.41, 5.74) is 0.250. The number of hydrogen-bond donors (Lipinski definition) is 2. The Morgan fingerprint density at radius 1 is 1.29 bits per heavy atom. The van der Waals surface area contributed by atoms with E-state index >= 15 is 0 Å². The van der Waals surface area contributed by atoms with Crippen molar-refractivity contribution < 1.29 is 4.79 Å².